The summed E-state index contributed by atoms with van der Waals surface area (Å²) in [6.45, 7) is 3.60. The lowest BCUT2D eigenvalue weighted by atomic mass is 10.1. The van der Waals surface area contributed by atoms with Crippen LogP contribution in [-0.2, 0) is 14.8 Å². The van der Waals surface area contributed by atoms with Crippen molar-refractivity contribution in [2.24, 2.45) is 0 Å². The van der Waals surface area contributed by atoms with Gasteiger partial charge in [-0.1, -0.05) is 42.5 Å². The van der Waals surface area contributed by atoms with Gasteiger partial charge in [0, 0.05) is 16.8 Å². The molecule has 0 bridgehead atoms. The molecule has 0 aliphatic carbocycles. The van der Waals surface area contributed by atoms with E-state index in [-0.39, 0.29) is 16.6 Å². The molecule has 3 N–H and O–H groups in total. The van der Waals surface area contributed by atoms with Gasteiger partial charge in [0.2, 0.25) is 0 Å². The molecular weight excluding hydrogens is 494 g/mol. The van der Waals surface area contributed by atoms with E-state index < -0.39 is 15.9 Å². The molecule has 4 rings (SSSR count). The predicted molar refractivity (Wildman–Crippen MR) is 147 cm³/mol. The lowest BCUT2D eigenvalue weighted by Crippen LogP contribution is -2.37. The van der Waals surface area contributed by atoms with Crippen molar-refractivity contribution in [2.75, 3.05) is 16.6 Å². The fourth-order valence-electron chi connectivity index (χ4n) is 3.76. The second kappa shape index (κ2) is 10.8. The Hall–Kier alpha value is -3.95. The van der Waals surface area contributed by atoms with Crippen molar-refractivity contribution in [1.29, 1.82) is 0 Å². The number of hydrogen-bond acceptors (Lipinski definition) is 5. The van der Waals surface area contributed by atoms with Gasteiger partial charge in [-0.15, -0.1) is 0 Å². The van der Waals surface area contributed by atoms with E-state index in [0.29, 0.717) is 17.1 Å². The Bertz CT molecular complexity index is 1510. The van der Waals surface area contributed by atoms with Crippen molar-refractivity contribution in [3.05, 3.63) is 96.1 Å². The third-order valence-electron chi connectivity index (χ3n) is 5.26. The Balaban J connectivity index is 1.32. The Labute approximate surface area is 215 Å². The first-order valence-corrected chi connectivity index (χ1v) is 13.0. The number of amides is 1. The summed E-state index contributed by atoms with van der Waals surface area (Å²) in [5.41, 5.74) is 2.96. The highest BCUT2D eigenvalue weighted by atomic mass is 32.2. The molecule has 184 valence electrons. The maximum Gasteiger partial charge on any atom is 0.264 e. The average Bonchev–Trinajstić information content (AvgIpc) is 2.82. The predicted octanol–water partition coefficient (Wildman–Crippen LogP) is 5.15. The fourth-order valence-corrected chi connectivity index (χ4v) is 5.03. The number of anilines is 2. The van der Waals surface area contributed by atoms with Gasteiger partial charge in [-0.3, -0.25) is 14.8 Å². The third-order valence-corrected chi connectivity index (χ3v) is 6.86. The maximum atomic E-state index is 12.7. The molecule has 0 spiro atoms. The van der Waals surface area contributed by atoms with Crippen LogP contribution < -0.4 is 20.1 Å². The summed E-state index contributed by atoms with van der Waals surface area (Å²) in [4.78, 5) is 12.4. The van der Waals surface area contributed by atoms with Crippen molar-refractivity contribution in [3.8, 4) is 5.75 Å². The molecule has 0 saturated carbocycles. The molecule has 0 fully saturated rings. The summed E-state index contributed by atoms with van der Waals surface area (Å²) < 4.78 is 33.8. The zero-order chi connectivity index (χ0) is 25.7. The minimum Gasteiger partial charge on any atom is -0.483 e. The van der Waals surface area contributed by atoms with E-state index in [9.17, 15) is 13.2 Å². The molecule has 7 nitrogen and oxygen atoms in total. The van der Waals surface area contributed by atoms with E-state index in [1.165, 1.54) is 12.1 Å². The van der Waals surface area contributed by atoms with Gasteiger partial charge in [-0.25, -0.2) is 8.42 Å². The van der Waals surface area contributed by atoms with Crippen LogP contribution in [0.25, 0.3) is 10.8 Å². The molecule has 4 aromatic rings. The number of sulfonamides is 1. The quantitative estimate of drug-likeness (QED) is 0.292. The number of benzene rings is 4. The second-order valence-corrected chi connectivity index (χ2v) is 10.4. The first-order chi connectivity index (χ1) is 17.2. The average molecular weight is 520 g/mol. The van der Waals surface area contributed by atoms with Crippen LogP contribution in [0.3, 0.4) is 0 Å². The van der Waals surface area contributed by atoms with E-state index in [1.807, 2.05) is 56.3 Å². The highest BCUT2D eigenvalue weighted by Gasteiger charge is 2.15. The number of ether oxygens (including phenoxy) is 1. The third kappa shape index (κ3) is 6.38. The number of carbonyl (C=O) groups excluding carboxylic acids is 1. The molecule has 0 unspecified atom stereocenters. The van der Waals surface area contributed by atoms with Crippen LogP contribution in [0, 0.1) is 13.8 Å². The summed E-state index contributed by atoms with van der Waals surface area (Å²) in [5.74, 6) is 0.186. The normalized spacial score (nSPS) is 11.1. The minimum atomic E-state index is -3.76. The Morgan fingerprint density at radius 1 is 0.861 bits per heavy atom. The van der Waals surface area contributed by atoms with Gasteiger partial charge in [0.05, 0.1) is 4.90 Å². The Morgan fingerprint density at radius 2 is 1.53 bits per heavy atom. The monoisotopic (exact) mass is 519 g/mol. The summed E-state index contributed by atoms with van der Waals surface area (Å²) in [5, 5.41) is 7.44. The van der Waals surface area contributed by atoms with Crippen LogP contribution >= 0.6 is 12.2 Å². The summed E-state index contributed by atoms with van der Waals surface area (Å²) in [6, 6.07) is 24.9. The van der Waals surface area contributed by atoms with Crippen molar-refractivity contribution >= 4 is 55.4 Å². The van der Waals surface area contributed by atoms with Crippen molar-refractivity contribution in [2.45, 2.75) is 18.7 Å². The van der Waals surface area contributed by atoms with Crippen LogP contribution in [0.2, 0.25) is 0 Å². The van der Waals surface area contributed by atoms with Crippen LogP contribution in [-0.4, -0.2) is 26.0 Å². The van der Waals surface area contributed by atoms with Gasteiger partial charge in [-0.05, 0) is 85.0 Å². The van der Waals surface area contributed by atoms with E-state index in [4.69, 9.17) is 17.0 Å². The maximum absolute atomic E-state index is 12.7. The molecule has 1 amide bonds. The number of nitrogens with one attached hydrogen (secondary N) is 3. The lowest BCUT2D eigenvalue weighted by molar-refractivity contribution is -0.121. The molecule has 36 heavy (non-hydrogen) atoms. The molecule has 0 aromatic heterocycles. The van der Waals surface area contributed by atoms with Gasteiger partial charge in [0.1, 0.15) is 5.75 Å². The number of aryl methyl sites for hydroxylation is 2. The highest BCUT2D eigenvalue weighted by Crippen LogP contribution is 2.25. The van der Waals surface area contributed by atoms with Crippen molar-refractivity contribution < 1.29 is 17.9 Å². The smallest absolute Gasteiger partial charge is 0.264 e. The number of thiocarbonyl (C=S) groups is 1. The molecular formula is C27H25N3O4S2. The minimum absolute atomic E-state index is 0.0745. The Morgan fingerprint density at radius 3 is 2.25 bits per heavy atom. The van der Waals surface area contributed by atoms with Gasteiger partial charge in [0.25, 0.3) is 15.9 Å². The van der Waals surface area contributed by atoms with Crippen LogP contribution in [0.5, 0.6) is 5.75 Å². The highest BCUT2D eigenvalue weighted by molar-refractivity contribution is 7.92. The number of rotatable bonds is 7. The molecule has 0 heterocycles. The van der Waals surface area contributed by atoms with Crippen LogP contribution in [0.15, 0.2) is 89.8 Å². The second-order valence-electron chi connectivity index (χ2n) is 8.27. The molecule has 0 radical (unpaired) electrons. The number of fused-ring (bicyclic) bond motifs is 1. The van der Waals surface area contributed by atoms with E-state index in [0.717, 1.165) is 21.9 Å². The Kier molecular flexibility index (Phi) is 7.52. The van der Waals surface area contributed by atoms with Gasteiger partial charge >= 0.3 is 0 Å². The van der Waals surface area contributed by atoms with Gasteiger partial charge in [0.15, 0.2) is 11.7 Å². The summed E-state index contributed by atoms with van der Waals surface area (Å²) in [7, 11) is -3.76. The SMILES string of the molecule is Cc1cc(C)cc(NS(=O)(=O)c2ccc(NC(=S)NC(=O)COc3cccc4ccccc34)cc2)c1. The molecule has 0 aliphatic heterocycles. The fraction of sp³-hybridized carbons (Fsp3) is 0.111. The number of carbonyl (C=O) groups is 1. The van der Waals surface area contributed by atoms with Crippen LogP contribution in [0.4, 0.5) is 11.4 Å². The molecule has 0 saturated heterocycles. The zero-order valence-corrected chi connectivity index (χ0v) is 21.4. The largest absolute Gasteiger partial charge is 0.483 e. The van der Waals surface area contributed by atoms with Crippen molar-refractivity contribution in [3.63, 3.8) is 0 Å². The molecule has 0 atom stereocenters. The summed E-state index contributed by atoms with van der Waals surface area (Å²) >= 11 is 5.21. The first-order valence-electron chi connectivity index (χ1n) is 11.1. The standard InChI is InChI=1S/C27H25N3O4S2/c1-18-14-19(2)16-22(15-18)30-36(32,33)23-12-10-21(11-13-23)28-27(35)29-26(31)17-34-25-9-5-7-20-6-3-4-8-24(20)25/h3-16,30H,17H2,1-2H3,(H2,28,29,31,35). The van der Waals surface area contributed by atoms with Gasteiger partial charge < -0.3 is 10.1 Å². The molecule has 4 aromatic carbocycles. The number of hydrogen-bond donors (Lipinski definition) is 3. The van der Waals surface area contributed by atoms with Gasteiger partial charge in [-0.2, -0.15) is 0 Å². The van der Waals surface area contributed by atoms with E-state index in [1.54, 1.807) is 30.3 Å². The van der Waals surface area contributed by atoms with E-state index >= 15 is 0 Å². The zero-order valence-electron chi connectivity index (χ0n) is 19.7. The topological polar surface area (TPSA) is 96.5 Å². The first kappa shape index (κ1) is 25.2. The molecule has 0 aliphatic rings. The van der Waals surface area contributed by atoms with E-state index in [2.05, 4.69) is 15.4 Å². The molecule has 9 heteroatoms. The van der Waals surface area contributed by atoms with Crippen LogP contribution in [0.1, 0.15) is 11.1 Å². The lowest BCUT2D eigenvalue weighted by Gasteiger charge is -2.13. The summed E-state index contributed by atoms with van der Waals surface area (Å²) in [6.07, 6.45) is 0. The van der Waals surface area contributed by atoms with Crippen molar-refractivity contribution in [1.82, 2.24) is 5.32 Å².